The number of allylic oxidation sites excluding steroid dienone is 1. The van der Waals surface area contributed by atoms with E-state index in [1.54, 1.807) is 13.0 Å². The first-order valence-electron chi connectivity index (χ1n) is 9.10. The van der Waals surface area contributed by atoms with Crippen LogP contribution in [-0.2, 0) is 19.1 Å². The summed E-state index contributed by atoms with van der Waals surface area (Å²) in [6.07, 6.45) is 11.7. The third kappa shape index (κ3) is 14.0. The second kappa shape index (κ2) is 15.4. The first-order valence-corrected chi connectivity index (χ1v) is 9.10. The molecule has 0 aromatic carbocycles. The van der Waals surface area contributed by atoms with Crippen molar-refractivity contribution in [2.24, 2.45) is 0 Å². The van der Waals surface area contributed by atoms with E-state index < -0.39 is 18.0 Å². The molecule has 0 spiro atoms. The summed E-state index contributed by atoms with van der Waals surface area (Å²) < 4.78 is 10.3. The van der Waals surface area contributed by atoms with Gasteiger partial charge in [-0.25, -0.2) is 9.59 Å². The van der Waals surface area contributed by atoms with Crippen molar-refractivity contribution in [3.63, 3.8) is 0 Å². The average molecular weight is 349 g/mol. The topological polar surface area (TPSA) is 76.4 Å². The molecule has 0 saturated carbocycles. The number of carbonyl (C=O) groups excluding carboxylic acids is 2. The highest BCUT2D eigenvalue weighted by Crippen LogP contribution is 2.13. The molecule has 0 bridgehead atoms. The highest BCUT2D eigenvalue weighted by molar-refractivity contribution is 5.87. The van der Waals surface area contributed by atoms with E-state index in [4.69, 9.17) is 14.7 Å². The number of hydrogen-bond donors (Lipinski definition) is 0. The molecule has 0 aromatic heterocycles. The summed E-state index contributed by atoms with van der Waals surface area (Å²) in [5.74, 6) is -1.10. The zero-order valence-electron chi connectivity index (χ0n) is 15.6. The Morgan fingerprint density at radius 1 is 1.12 bits per heavy atom. The molecule has 0 amide bonds. The summed E-state index contributed by atoms with van der Waals surface area (Å²) in [7, 11) is 0. The molecule has 0 aliphatic rings. The molecular weight excluding hydrogens is 318 g/mol. The number of rotatable bonds is 14. The van der Waals surface area contributed by atoms with Gasteiger partial charge in [-0.15, -0.1) is 0 Å². The third-order valence-corrected chi connectivity index (χ3v) is 3.71. The van der Waals surface area contributed by atoms with Gasteiger partial charge in [0, 0.05) is 17.7 Å². The number of nitrogens with zero attached hydrogens (tertiary/aromatic N) is 1. The van der Waals surface area contributed by atoms with Crippen LogP contribution in [0, 0.1) is 11.3 Å². The summed E-state index contributed by atoms with van der Waals surface area (Å²) in [6.45, 7) is 7.33. The van der Waals surface area contributed by atoms with Crippen molar-refractivity contribution >= 4 is 11.9 Å². The molecule has 0 radical (unpaired) electrons. The Labute approximate surface area is 151 Å². The van der Waals surface area contributed by atoms with Gasteiger partial charge in [0.25, 0.3) is 0 Å². The lowest BCUT2D eigenvalue weighted by molar-refractivity contribution is -0.153. The number of carbonyl (C=O) groups is 2. The van der Waals surface area contributed by atoms with Gasteiger partial charge >= 0.3 is 11.9 Å². The number of nitriles is 1. The maximum absolute atomic E-state index is 11.7. The van der Waals surface area contributed by atoms with Crippen molar-refractivity contribution < 1.29 is 19.1 Å². The maximum Gasteiger partial charge on any atom is 0.333 e. The highest BCUT2D eigenvalue weighted by atomic mass is 16.6. The number of unbranched alkanes of at least 4 members (excludes halogenated alkanes) is 7. The van der Waals surface area contributed by atoms with Crippen LogP contribution in [0.25, 0.3) is 0 Å². The third-order valence-electron chi connectivity index (χ3n) is 3.71. The van der Waals surface area contributed by atoms with Crippen molar-refractivity contribution in [3.05, 3.63) is 24.3 Å². The van der Waals surface area contributed by atoms with Gasteiger partial charge in [-0.1, -0.05) is 58.4 Å². The first-order chi connectivity index (χ1) is 12.0. The molecule has 0 saturated heterocycles. The Balaban J connectivity index is 4.15. The zero-order chi connectivity index (χ0) is 18.9. The summed E-state index contributed by atoms with van der Waals surface area (Å²) in [5.41, 5.74) is 0.316. The number of esters is 2. The monoisotopic (exact) mass is 349 g/mol. The molecule has 5 heteroatoms. The van der Waals surface area contributed by atoms with E-state index in [-0.39, 0.29) is 6.61 Å². The molecule has 1 unspecified atom stereocenters. The lowest BCUT2D eigenvalue weighted by Gasteiger charge is -2.17. The molecule has 140 valence electrons. The lowest BCUT2D eigenvalue weighted by atomic mass is 10.1. The SMILES string of the molecule is C=C(C)C(=O)OC(CCCCCCCCCC)COC(=O)C=CC#N. The van der Waals surface area contributed by atoms with Crippen molar-refractivity contribution in [1.29, 1.82) is 5.26 Å². The van der Waals surface area contributed by atoms with Crippen LogP contribution >= 0.6 is 0 Å². The highest BCUT2D eigenvalue weighted by Gasteiger charge is 2.16. The molecule has 0 fully saturated rings. The quantitative estimate of drug-likeness (QED) is 0.198. The molecule has 0 aliphatic carbocycles. The van der Waals surface area contributed by atoms with Gasteiger partial charge in [0.1, 0.15) is 12.7 Å². The summed E-state index contributed by atoms with van der Waals surface area (Å²) >= 11 is 0. The fraction of sp³-hybridized carbons (Fsp3) is 0.650. The molecule has 25 heavy (non-hydrogen) atoms. The van der Waals surface area contributed by atoms with E-state index in [1.165, 1.54) is 32.1 Å². The van der Waals surface area contributed by atoms with Gasteiger partial charge in [0.2, 0.25) is 0 Å². The minimum Gasteiger partial charge on any atom is -0.459 e. The maximum atomic E-state index is 11.7. The number of ether oxygens (including phenoxy) is 2. The van der Waals surface area contributed by atoms with Gasteiger partial charge < -0.3 is 9.47 Å². The second-order valence-electron chi connectivity index (χ2n) is 6.16. The molecule has 5 nitrogen and oxygen atoms in total. The van der Waals surface area contributed by atoms with Crippen molar-refractivity contribution in [1.82, 2.24) is 0 Å². The molecule has 0 rings (SSSR count). The van der Waals surface area contributed by atoms with Crippen LogP contribution in [0.5, 0.6) is 0 Å². The molecule has 0 aromatic rings. The predicted molar refractivity (Wildman–Crippen MR) is 97.6 cm³/mol. The number of hydrogen-bond acceptors (Lipinski definition) is 5. The van der Waals surface area contributed by atoms with Crippen LogP contribution in [0.4, 0.5) is 0 Å². The van der Waals surface area contributed by atoms with Crippen LogP contribution < -0.4 is 0 Å². The Morgan fingerprint density at radius 2 is 1.72 bits per heavy atom. The van der Waals surface area contributed by atoms with E-state index in [2.05, 4.69) is 13.5 Å². The average Bonchev–Trinajstić information content (AvgIpc) is 2.59. The fourth-order valence-corrected chi connectivity index (χ4v) is 2.26. The standard InChI is InChI=1S/C20H31NO4/c1-4-5-6-7-8-9-10-11-13-18(25-20(23)17(2)3)16-24-19(22)14-12-15-21/h12,14,18H,2,4-11,13,16H2,1,3H3. The summed E-state index contributed by atoms with van der Waals surface area (Å²) in [6, 6.07) is 1.72. The molecule has 0 aliphatic heterocycles. The van der Waals surface area contributed by atoms with Crippen LogP contribution in [0.1, 0.15) is 71.6 Å². The van der Waals surface area contributed by atoms with E-state index in [0.29, 0.717) is 12.0 Å². The molecule has 0 N–H and O–H groups in total. The first kappa shape index (κ1) is 22.9. The summed E-state index contributed by atoms with van der Waals surface area (Å²) in [4.78, 5) is 23.1. The van der Waals surface area contributed by atoms with Crippen LogP contribution in [0.3, 0.4) is 0 Å². The van der Waals surface area contributed by atoms with Crippen LogP contribution in [-0.4, -0.2) is 24.6 Å². The summed E-state index contributed by atoms with van der Waals surface area (Å²) in [5, 5.41) is 8.38. The van der Waals surface area contributed by atoms with Gasteiger partial charge in [-0.2, -0.15) is 5.26 Å². The normalized spacial score (nSPS) is 11.7. The largest absolute Gasteiger partial charge is 0.459 e. The Hall–Kier alpha value is -2.09. The molecular formula is C20H31NO4. The Morgan fingerprint density at radius 3 is 2.28 bits per heavy atom. The zero-order valence-corrected chi connectivity index (χ0v) is 15.6. The van der Waals surface area contributed by atoms with Crippen LogP contribution in [0.2, 0.25) is 0 Å². The van der Waals surface area contributed by atoms with Crippen LogP contribution in [0.15, 0.2) is 24.3 Å². The van der Waals surface area contributed by atoms with Gasteiger partial charge in [-0.3, -0.25) is 0 Å². The lowest BCUT2D eigenvalue weighted by Crippen LogP contribution is -2.25. The van der Waals surface area contributed by atoms with Crippen molar-refractivity contribution in [2.45, 2.75) is 77.7 Å². The fourth-order valence-electron chi connectivity index (χ4n) is 2.26. The van der Waals surface area contributed by atoms with E-state index in [1.807, 2.05) is 0 Å². The Bertz CT molecular complexity index is 477. The van der Waals surface area contributed by atoms with Gasteiger partial charge in [0.15, 0.2) is 0 Å². The van der Waals surface area contributed by atoms with Gasteiger partial charge in [0.05, 0.1) is 6.07 Å². The molecule has 0 heterocycles. The second-order valence-corrected chi connectivity index (χ2v) is 6.16. The minimum absolute atomic E-state index is 0.00980. The van der Waals surface area contributed by atoms with Crippen molar-refractivity contribution in [3.8, 4) is 6.07 Å². The smallest absolute Gasteiger partial charge is 0.333 e. The molecule has 1 atom stereocenters. The minimum atomic E-state index is -0.617. The van der Waals surface area contributed by atoms with Gasteiger partial charge in [-0.05, 0) is 19.8 Å². The van der Waals surface area contributed by atoms with Crippen molar-refractivity contribution in [2.75, 3.05) is 6.61 Å². The Kier molecular flexibility index (Phi) is 14.1. The van der Waals surface area contributed by atoms with E-state index >= 15 is 0 Å². The van der Waals surface area contributed by atoms with E-state index in [0.717, 1.165) is 31.4 Å². The predicted octanol–water partition coefficient (Wildman–Crippen LogP) is 4.63. The van der Waals surface area contributed by atoms with E-state index in [9.17, 15) is 9.59 Å².